The molecule has 1 aliphatic heterocycles. The second-order valence-electron chi connectivity index (χ2n) is 7.16. The molecule has 0 aromatic heterocycles. The lowest BCUT2D eigenvalue weighted by Gasteiger charge is -2.34. The predicted octanol–water partition coefficient (Wildman–Crippen LogP) is 3.49. The minimum atomic E-state index is -0.706. The van der Waals surface area contributed by atoms with E-state index in [-0.39, 0.29) is 25.0 Å². The van der Waals surface area contributed by atoms with Crippen LogP contribution in [0.2, 0.25) is 0 Å². The number of amides is 2. The van der Waals surface area contributed by atoms with Gasteiger partial charge < -0.3 is 19.5 Å². The van der Waals surface area contributed by atoms with Crippen molar-refractivity contribution in [3.05, 3.63) is 70.9 Å². The first-order valence-electron chi connectivity index (χ1n) is 10.2. The van der Waals surface area contributed by atoms with E-state index in [1.54, 1.807) is 69.6 Å². The number of ketones is 1. The van der Waals surface area contributed by atoms with Crippen molar-refractivity contribution in [2.75, 3.05) is 27.4 Å². The fourth-order valence-electron chi connectivity index (χ4n) is 3.37. The van der Waals surface area contributed by atoms with Crippen LogP contribution in [0.4, 0.5) is 4.79 Å². The van der Waals surface area contributed by atoms with E-state index in [9.17, 15) is 14.4 Å². The molecule has 32 heavy (non-hydrogen) atoms. The Morgan fingerprint density at radius 1 is 1.03 bits per heavy atom. The molecule has 1 unspecified atom stereocenters. The number of methoxy groups -OCH3 is 1. The van der Waals surface area contributed by atoms with Gasteiger partial charge in [0.1, 0.15) is 18.1 Å². The van der Waals surface area contributed by atoms with Crippen LogP contribution in [0.5, 0.6) is 11.5 Å². The number of rotatable bonds is 8. The topological polar surface area (TPSA) is 94.2 Å². The second-order valence-corrected chi connectivity index (χ2v) is 7.16. The third-order valence-electron chi connectivity index (χ3n) is 5.16. The lowest BCUT2D eigenvalue weighted by molar-refractivity contribution is -0.139. The van der Waals surface area contributed by atoms with Gasteiger partial charge >= 0.3 is 12.0 Å². The first kappa shape index (κ1) is 22.9. The summed E-state index contributed by atoms with van der Waals surface area (Å²) in [5.41, 5.74) is 1.96. The third kappa shape index (κ3) is 4.91. The van der Waals surface area contributed by atoms with Crippen molar-refractivity contribution in [3.63, 3.8) is 0 Å². The maximum atomic E-state index is 12.9. The smallest absolute Gasteiger partial charge is 0.338 e. The highest BCUT2D eigenvalue weighted by molar-refractivity contribution is 5.95. The van der Waals surface area contributed by atoms with Crippen LogP contribution in [0.25, 0.3) is 0 Å². The molecule has 1 heterocycles. The normalized spacial score (nSPS) is 15.8. The van der Waals surface area contributed by atoms with Crippen LogP contribution in [0.3, 0.4) is 0 Å². The van der Waals surface area contributed by atoms with Gasteiger partial charge in [0.05, 0.1) is 31.0 Å². The van der Waals surface area contributed by atoms with Crippen LogP contribution in [-0.2, 0) is 9.53 Å². The average Bonchev–Trinajstić information content (AvgIpc) is 2.80. The molecule has 0 spiro atoms. The lowest BCUT2D eigenvalue weighted by atomic mass is 9.94. The highest BCUT2D eigenvalue weighted by Gasteiger charge is 2.37. The Labute approximate surface area is 186 Å². The van der Waals surface area contributed by atoms with Gasteiger partial charge in [0.15, 0.2) is 5.78 Å². The standard InChI is InChI=1S/C24H26N2O6/c1-5-31-23(28)21-20(14-32-19-12-6-16(7-13-19)15(2)27)26(3)24(29)25-22(21)17-8-10-18(30-4)11-9-17/h6-13,22H,5,14H2,1-4H3,(H,25,29). The van der Waals surface area contributed by atoms with Crippen molar-refractivity contribution >= 4 is 17.8 Å². The fraction of sp³-hybridized carbons (Fsp3) is 0.292. The highest BCUT2D eigenvalue weighted by atomic mass is 16.5. The monoisotopic (exact) mass is 438 g/mol. The Bertz CT molecular complexity index is 1030. The molecule has 2 aromatic carbocycles. The van der Waals surface area contributed by atoms with E-state index in [1.807, 2.05) is 0 Å². The van der Waals surface area contributed by atoms with Crippen LogP contribution < -0.4 is 14.8 Å². The molecule has 0 radical (unpaired) electrons. The Hall–Kier alpha value is -3.81. The summed E-state index contributed by atoms with van der Waals surface area (Å²) in [6.45, 7) is 3.36. The summed E-state index contributed by atoms with van der Waals surface area (Å²) in [4.78, 5) is 38.4. The van der Waals surface area contributed by atoms with Crippen molar-refractivity contribution in [1.29, 1.82) is 0 Å². The lowest BCUT2D eigenvalue weighted by Crippen LogP contribution is -2.48. The zero-order chi connectivity index (χ0) is 23.3. The van der Waals surface area contributed by atoms with Crippen LogP contribution in [0.1, 0.15) is 35.8 Å². The van der Waals surface area contributed by atoms with Gasteiger partial charge in [-0.15, -0.1) is 0 Å². The summed E-state index contributed by atoms with van der Waals surface area (Å²) in [7, 11) is 3.13. The highest BCUT2D eigenvalue weighted by Crippen LogP contribution is 2.32. The van der Waals surface area contributed by atoms with Crippen molar-refractivity contribution in [2.45, 2.75) is 19.9 Å². The molecule has 2 aromatic rings. The number of carbonyl (C=O) groups is 3. The van der Waals surface area contributed by atoms with Crippen LogP contribution in [0.15, 0.2) is 59.8 Å². The van der Waals surface area contributed by atoms with Crippen molar-refractivity contribution in [3.8, 4) is 11.5 Å². The van der Waals surface area contributed by atoms with E-state index >= 15 is 0 Å². The van der Waals surface area contributed by atoms with E-state index in [0.29, 0.717) is 33.9 Å². The maximum absolute atomic E-state index is 12.9. The van der Waals surface area contributed by atoms with E-state index in [4.69, 9.17) is 14.2 Å². The minimum absolute atomic E-state index is 0.0376. The SMILES string of the molecule is CCOC(=O)C1=C(COc2ccc(C(C)=O)cc2)N(C)C(=O)NC1c1ccc(OC)cc1. The zero-order valence-electron chi connectivity index (χ0n) is 18.5. The number of esters is 1. The largest absolute Gasteiger partial charge is 0.497 e. The summed E-state index contributed by atoms with van der Waals surface area (Å²) in [5.74, 6) is 0.582. The molecule has 1 aliphatic rings. The summed E-state index contributed by atoms with van der Waals surface area (Å²) in [5, 5.41) is 2.85. The van der Waals surface area contributed by atoms with E-state index in [0.717, 1.165) is 0 Å². The number of likely N-dealkylation sites (N-methyl/N-ethyl adjacent to an activating group) is 1. The number of carbonyl (C=O) groups excluding carboxylic acids is 3. The summed E-state index contributed by atoms with van der Waals surface area (Å²) >= 11 is 0. The molecule has 8 nitrogen and oxygen atoms in total. The molecule has 1 atom stereocenters. The number of ether oxygens (including phenoxy) is 3. The summed E-state index contributed by atoms with van der Waals surface area (Å²) in [6.07, 6.45) is 0. The van der Waals surface area contributed by atoms with Gasteiger partial charge in [0.25, 0.3) is 0 Å². The molecule has 1 N–H and O–H groups in total. The quantitative estimate of drug-likeness (QED) is 0.501. The Morgan fingerprint density at radius 3 is 2.22 bits per heavy atom. The molecule has 0 saturated heterocycles. The van der Waals surface area contributed by atoms with Gasteiger partial charge in [-0.05, 0) is 55.8 Å². The van der Waals surface area contributed by atoms with Gasteiger partial charge in [-0.1, -0.05) is 12.1 Å². The van der Waals surface area contributed by atoms with Gasteiger partial charge in [-0.25, -0.2) is 9.59 Å². The molecule has 168 valence electrons. The molecule has 8 heteroatoms. The Morgan fingerprint density at radius 2 is 1.66 bits per heavy atom. The first-order valence-corrected chi connectivity index (χ1v) is 10.2. The van der Waals surface area contributed by atoms with E-state index < -0.39 is 12.0 Å². The number of urea groups is 1. The maximum Gasteiger partial charge on any atom is 0.338 e. The van der Waals surface area contributed by atoms with Crippen LogP contribution in [-0.4, -0.2) is 50.1 Å². The van der Waals surface area contributed by atoms with Gasteiger partial charge in [-0.3, -0.25) is 9.69 Å². The van der Waals surface area contributed by atoms with Crippen molar-refractivity contribution in [2.24, 2.45) is 0 Å². The van der Waals surface area contributed by atoms with Gasteiger partial charge in [-0.2, -0.15) is 0 Å². The van der Waals surface area contributed by atoms with Gasteiger partial charge in [0, 0.05) is 12.6 Å². The molecule has 0 fully saturated rings. The summed E-state index contributed by atoms with van der Waals surface area (Å²) < 4.78 is 16.4. The second kappa shape index (κ2) is 10.00. The number of benzene rings is 2. The van der Waals surface area contributed by atoms with Crippen molar-refractivity contribution < 1.29 is 28.6 Å². The van der Waals surface area contributed by atoms with Gasteiger partial charge in [0.2, 0.25) is 0 Å². The Balaban J connectivity index is 1.97. The summed E-state index contributed by atoms with van der Waals surface area (Å²) in [6, 6.07) is 12.7. The number of Topliss-reactive ketones (excluding diaryl/α,β-unsaturated/α-hetero) is 1. The number of hydrogen-bond donors (Lipinski definition) is 1. The molecule has 0 bridgehead atoms. The van der Waals surface area contributed by atoms with E-state index in [1.165, 1.54) is 11.8 Å². The minimum Gasteiger partial charge on any atom is -0.497 e. The van der Waals surface area contributed by atoms with Crippen molar-refractivity contribution in [1.82, 2.24) is 10.2 Å². The third-order valence-corrected chi connectivity index (χ3v) is 5.16. The van der Waals surface area contributed by atoms with E-state index in [2.05, 4.69) is 5.32 Å². The number of hydrogen-bond acceptors (Lipinski definition) is 6. The zero-order valence-corrected chi connectivity index (χ0v) is 18.5. The Kier molecular flexibility index (Phi) is 7.14. The van der Waals surface area contributed by atoms with Crippen LogP contribution in [0, 0.1) is 0 Å². The molecular formula is C24H26N2O6. The number of nitrogens with one attached hydrogen (secondary N) is 1. The molecule has 0 aliphatic carbocycles. The molecule has 3 rings (SSSR count). The molecule has 2 amide bonds. The predicted molar refractivity (Wildman–Crippen MR) is 118 cm³/mol. The average molecular weight is 438 g/mol. The van der Waals surface area contributed by atoms with Crippen LogP contribution >= 0.6 is 0 Å². The number of nitrogens with zero attached hydrogens (tertiary/aromatic N) is 1. The molecule has 0 saturated carbocycles. The fourth-order valence-corrected chi connectivity index (χ4v) is 3.37. The first-order chi connectivity index (χ1) is 15.3. The molecular weight excluding hydrogens is 412 g/mol.